The fourth-order valence-electron chi connectivity index (χ4n) is 4.02. The van der Waals surface area contributed by atoms with Crippen molar-refractivity contribution in [2.45, 2.75) is 18.8 Å². The summed E-state index contributed by atoms with van der Waals surface area (Å²) in [6, 6.07) is 7.90. The number of carbonyl (C=O) groups is 1. The Kier molecular flexibility index (Phi) is 5.04. The van der Waals surface area contributed by atoms with E-state index in [-0.39, 0.29) is 11.8 Å². The summed E-state index contributed by atoms with van der Waals surface area (Å²) in [5.74, 6) is 0.243. The second-order valence-corrected chi connectivity index (χ2v) is 9.79. The van der Waals surface area contributed by atoms with Crippen molar-refractivity contribution in [1.29, 1.82) is 0 Å². The van der Waals surface area contributed by atoms with Gasteiger partial charge in [0, 0.05) is 51.5 Å². The first-order chi connectivity index (χ1) is 13.8. The Bertz CT molecular complexity index is 1050. The molecule has 1 aromatic heterocycles. The third-order valence-corrected chi connectivity index (χ3v) is 6.84. The normalized spacial score (nSPS) is 19.4. The van der Waals surface area contributed by atoms with Crippen molar-refractivity contribution in [2.24, 2.45) is 0 Å². The zero-order valence-electron chi connectivity index (χ0n) is 16.9. The van der Waals surface area contributed by atoms with Gasteiger partial charge in [-0.15, -0.1) is 0 Å². The maximum atomic E-state index is 13.4. The van der Waals surface area contributed by atoms with Crippen LogP contribution in [0.3, 0.4) is 0 Å². The van der Waals surface area contributed by atoms with Crippen molar-refractivity contribution in [1.82, 2.24) is 14.3 Å². The van der Waals surface area contributed by atoms with Crippen LogP contribution in [-0.2, 0) is 16.4 Å². The number of carbonyl (C=O) groups excluding carboxylic acids is 1. The molecule has 8 nitrogen and oxygen atoms in total. The molecule has 3 heterocycles. The van der Waals surface area contributed by atoms with E-state index in [1.54, 1.807) is 16.0 Å². The average molecular weight is 416 g/mol. The minimum Gasteiger partial charge on any atom is -0.347 e. The van der Waals surface area contributed by atoms with Crippen molar-refractivity contribution in [3.8, 4) is 0 Å². The quantitative estimate of drug-likeness (QED) is 0.752. The molecule has 29 heavy (non-hydrogen) atoms. The number of anilines is 2. The van der Waals surface area contributed by atoms with Gasteiger partial charge in [0.1, 0.15) is 0 Å². The van der Waals surface area contributed by atoms with Gasteiger partial charge >= 0.3 is 0 Å². The Morgan fingerprint density at radius 1 is 1.21 bits per heavy atom. The van der Waals surface area contributed by atoms with Crippen molar-refractivity contribution in [3.63, 3.8) is 0 Å². The Balaban J connectivity index is 1.71. The highest BCUT2D eigenvalue weighted by Crippen LogP contribution is 2.33. The smallest absolute Gasteiger partial charge is 0.261 e. The zero-order chi connectivity index (χ0) is 20.8. The number of amides is 1. The molecule has 2 aliphatic rings. The lowest BCUT2D eigenvalue weighted by molar-refractivity contribution is 0.0987. The van der Waals surface area contributed by atoms with Crippen LogP contribution >= 0.6 is 0 Å². The Hall–Kier alpha value is -2.52. The van der Waals surface area contributed by atoms with E-state index in [2.05, 4.69) is 9.97 Å². The Morgan fingerprint density at radius 2 is 1.97 bits per heavy atom. The molecule has 0 aliphatic carbocycles. The van der Waals surface area contributed by atoms with Gasteiger partial charge in [-0.25, -0.2) is 22.7 Å². The van der Waals surface area contributed by atoms with E-state index >= 15 is 0 Å². The van der Waals surface area contributed by atoms with Crippen LogP contribution in [0.4, 0.5) is 11.6 Å². The summed E-state index contributed by atoms with van der Waals surface area (Å²) >= 11 is 0. The lowest BCUT2D eigenvalue weighted by Gasteiger charge is -2.22. The number of sulfonamides is 1. The molecule has 1 amide bonds. The number of hydrogen-bond donors (Lipinski definition) is 0. The predicted octanol–water partition coefficient (Wildman–Crippen LogP) is 1.49. The van der Waals surface area contributed by atoms with Crippen molar-refractivity contribution in [3.05, 3.63) is 47.3 Å². The first kappa shape index (κ1) is 19.8. The van der Waals surface area contributed by atoms with Crippen LogP contribution in [0.1, 0.15) is 34.0 Å². The van der Waals surface area contributed by atoms with Gasteiger partial charge < -0.3 is 9.80 Å². The molecule has 0 radical (unpaired) electrons. The maximum Gasteiger partial charge on any atom is 0.261 e. The number of benzene rings is 1. The van der Waals surface area contributed by atoms with E-state index < -0.39 is 10.0 Å². The molecule has 2 aliphatic heterocycles. The highest BCUT2D eigenvalue weighted by Gasteiger charge is 2.35. The molecule has 0 saturated carbocycles. The van der Waals surface area contributed by atoms with Crippen LogP contribution in [0.15, 0.2) is 30.5 Å². The van der Waals surface area contributed by atoms with Gasteiger partial charge in [0.15, 0.2) is 0 Å². The van der Waals surface area contributed by atoms with Gasteiger partial charge in [-0.3, -0.25) is 4.79 Å². The standard InChI is InChI=1S/C20H25N5O3S/c1-23(2)20-21-12-16(18(22-20)15-8-10-24(13-15)29(3,27)28)19(26)25-11-9-14-6-4-5-7-17(14)25/h4-7,12,15H,8-11,13H2,1-3H3. The van der Waals surface area contributed by atoms with E-state index in [0.717, 1.165) is 17.7 Å². The van der Waals surface area contributed by atoms with Crippen LogP contribution in [0, 0.1) is 0 Å². The van der Waals surface area contributed by atoms with Crippen molar-refractivity contribution in [2.75, 3.05) is 49.8 Å². The number of hydrogen-bond acceptors (Lipinski definition) is 6. The second kappa shape index (κ2) is 7.38. The largest absolute Gasteiger partial charge is 0.347 e. The van der Waals surface area contributed by atoms with E-state index in [1.165, 1.54) is 10.6 Å². The summed E-state index contributed by atoms with van der Waals surface area (Å²) in [5.41, 5.74) is 3.15. The molecule has 9 heteroatoms. The summed E-state index contributed by atoms with van der Waals surface area (Å²) in [7, 11) is 0.410. The molecular formula is C20H25N5O3S. The topological polar surface area (TPSA) is 86.7 Å². The fourth-order valence-corrected chi connectivity index (χ4v) is 4.91. The van der Waals surface area contributed by atoms with E-state index in [4.69, 9.17) is 0 Å². The van der Waals surface area contributed by atoms with Crippen LogP contribution in [0.25, 0.3) is 0 Å². The zero-order valence-corrected chi connectivity index (χ0v) is 17.7. The minimum atomic E-state index is -3.27. The molecule has 0 bridgehead atoms. The number of aromatic nitrogens is 2. The highest BCUT2D eigenvalue weighted by molar-refractivity contribution is 7.88. The van der Waals surface area contributed by atoms with Gasteiger partial charge in [-0.05, 0) is 24.5 Å². The van der Waals surface area contributed by atoms with E-state index in [9.17, 15) is 13.2 Å². The minimum absolute atomic E-state index is 0.131. The molecule has 0 N–H and O–H groups in total. The molecule has 154 valence electrons. The average Bonchev–Trinajstić information content (AvgIpc) is 3.34. The van der Waals surface area contributed by atoms with E-state index in [1.807, 2.05) is 38.4 Å². The van der Waals surface area contributed by atoms with Crippen LogP contribution < -0.4 is 9.80 Å². The summed E-state index contributed by atoms with van der Waals surface area (Å²) < 4.78 is 25.4. The fraction of sp³-hybridized carbons (Fsp3) is 0.450. The van der Waals surface area contributed by atoms with Crippen LogP contribution in [0.5, 0.6) is 0 Å². The third kappa shape index (κ3) is 3.72. The summed E-state index contributed by atoms with van der Waals surface area (Å²) in [6.07, 6.45) is 4.25. The maximum absolute atomic E-state index is 13.4. The molecule has 4 rings (SSSR count). The summed E-state index contributed by atoms with van der Waals surface area (Å²) in [4.78, 5) is 26.0. The number of nitrogens with zero attached hydrogens (tertiary/aromatic N) is 5. The second-order valence-electron chi connectivity index (χ2n) is 7.81. The summed E-state index contributed by atoms with van der Waals surface area (Å²) in [5, 5.41) is 0. The predicted molar refractivity (Wildman–Crippen MR) is 112 cm³/mol. The molecule has 0 spiro atoms. The van der Waals surface area contributed by atoms with Gasteiger partial charge in [-0.1, -0.05) is 18.2 Å². The molecule has 2 aromatic rings. The SMILES string of the molecule is CN(C)c1ncc(C(=O)N2CCc3ccccc32)c(C2CCN(S(C)(=O)=O)C2)n1. The van der Waals surface area contributed by atoms with Gasteiger partial charge in [0.25, 0.3) is 5.91 Å². The number of para-hydroxylation sites is 1. The van der Waals surface area contributed by atoms with Gasteiger partial charge in [0.2, 0.25) is 16.0 Å². The van der Waals surface area contributed by atoms with Crippen molar-refractivity contribution < 1.29 is 13.2 Å². The molecule has 1 fully saturated rings. The Labute approximate surface area is 171 Å². The Morgan fingerprint density at radius 3 is 2.66 bits per heavy atom. The monoisotopic (exact) mass is 415 g/mol. The van der Waals surface area contributed by atoms with Crippen molar-refractivity contribution >= 4 is 27.6 Å². The number of fused-ring (bicyclic) bond motifs is 1. The third-order valence-electron chi connectivity index (χ3n) is 5.57. The highest BCUT2D eigenvalue weighted by atomic mass is 32.2. The first-order valence-electron chi connectivity index (χ1n) is 9.65. The molecule has 1 aromatic carbocycles. The lowest BCUT2D eigenvalue weighted by atomic mass is 9.99. The van der Waals surface area contributed by atoms with Gasteiger partial charge in [0.05, 0.1) is 17.5 Å². The van der Waals surface area contributed by atoms with Crippen LogP contribution in [0.2, 0.25) is 0 Å². The molecule has 1 saturated heterocycles. The molecule has 1 atom stereocenters. The summed E-state index contributed by atoms with van der Waals surface area (Å²) in [6.45, 7) is 1.39. The van der Waals surface area contributed by atoms with E-state index in [0.29, 0.717) is 43.3 Å². The van der Waals surface area contributed by atoms with Crippen LogP contribution in [-0.4, -0.2) is 68.6 Å². The van der Waals surface area contributed by atoms with Gasteiger partial charge in [-0.2, -0.15) is 0 Å². The molecule has 1 unspecified atom stereocenters. The number of rotatable bonds is 4. The first-order valence-corrected chi connectivity index (χ1v) is 11.5. The lowest BCUT2D eigenvalue weighted by Crippen LogP contribution is -2.32. The molecular weight excluding hydrogens is 390 g/mol.